The van der Waals surface area contributed by atoms with Crippen molar-refractivity contribution in [3.8, 4) is 5.75 Å². The summed E-state index contributed by atoms with van der Waals surface area (Å²) in [6.45, 7) is 1.75. The van der Waals surface area contributed by atoms with Crippen LogP contribution in [0.4, 0.5) is 0 Å². The maximum Gasteiger partial charge on any atom is 0.307 e. The summed E-state index contributed by atoms with van der Waals surface area (Å²) in [6, 6.07) is 4.00. The fourth-order valence-electron chi connectivity index (χ4n) is 2.75. The predicted molar refractivity (Wildman–Crippen MR) is 89.3 cm³/mol. The third-order valence-corrected chi connectivity index (χ3v) is 3.83. The molecule has 0 amide bonds. The molecule has 130 valence electrons. The molecule has 0 aliphatic carbocycles. The van der Waals surface area contributed by atoms with Crippen LogP contribution in [0.2, 0.25) is 0 Å². The van der Waals surface area contributed by atoms with Gasteiger partial charge in [0.2, 0.25) is 0 Å². The van der Waals surface area contributed by atoms with Gasteiger partial charge in [-0.15, -0.1) is 0 Å². The molecule has 1 aromatic heterocycles. The average Bonchev–Trinajstić information content (AvgIpc) is 2.44. The second-order valence-electron chi connectivity index (χ2n) is 6.07. The van der Waals surface area contributed by atoms with E-state index in [1.165, 1.54) is 18.2 Å². The van der Waals surface area contributed by atoms with E-state index in [0.29, 0.717) is 12.2 Å². The maximum absolute atomic E-state index is 12.3. The molecule has 1 heterocycles. The van der Waals surface area contributed by atoms with Crippen molar-refractivity contribution < 1.29 is 24.5 Å². The minimum atomic E-state index is -1.08. The topological polar surface area (TPSA) is 108 Å². The Balaban J connectivity index is 2.20. The first-order valence-corrected chi connectivity index (χ1v) is 8.05. The first-order valence-electron chi connectivity index (χ1n) is 8.05. The summed E-state index contributed by atoms with van der Waals surface area (Å²) < 4.78 is 5.67. The van der Waals surface area contributed by atoms with Crippen molar-refractivity contribution in [2.24, 2.45) is 0 Å². The third-order valence-electron chi connectivity index (χ3n) is 3.83. The number of carboxylic acid groups (broad SMARTS) is 1. The van der Waals surface area contributed by atoms with Gasteiger partial charge in [0.25, 0.3) is 0 Å². The molecule has 2 aromatic rings. The smallest absolute Gasteiger partial charge is 0.307 e. The Morgan fingerprint density at radius 2 is 1.96 bits per heavy atom. The van der Waals surface area contributed by atoms with Crippen LogP contribution in [0.1, 0.15) is 43.9 Å². The SMILES string of the molecule is CC(O)CCCCCc1cc(=O)c2c(CC(=O)O)cc(O)cc2o1. The highest BCUT2D eigenvalue weighted by atomic mass is 16.4. The standard InChI is InChI=1S/C18H22O6/c1-11(19)5-3-2-4-6-14-10-15(21)18-12(8-17(22)23)7-13(20)9-16(18)24-14/h7,9-11,19-20H,2-6,8H2,1H3,(H,22,23). The number of fused-ring (bicyclic) bond motifs is 1. The molecule has 1 unspecified atom stereocenters. The second-order valence-corrected chi connectivity index (χ2v) is 6.07. The van der Waals surface area contributed by atoms with E-state index in [2.05, 4.69) is 0 Å². The number of unbranched alkanes of at least 4 members (excludes halogenated alkanes) is 2. The van der Waals surface area contributed by atoms with E-state index in [1.54, 1.807) is 6.92 Å². The molecule has 6 nitrogen and oxygen atoms in total. The van der Waals surface area contributed by atoms with Gasteiger partial charge in [-0.1, -0.05) is 12.8 Å². The summed E-state index contributed by atoms with van der Waals surface area (Å²) in [5.41, 5.74) is 0.152. The van der Waals surface area contributed by atoms with Crippen molar-refractivity contribution in [3.05, 3.63) is 39.7 Å². The number of benzene rings is 1. The zero-order chi connectivity index (χ0) is 17.7. The van der Waals surface area contributed by atoms with Crippen LogP contribution in [-0.2, 0) is 17.6 Å². The summed E-state index contributed by atoms with van der Waals surface area (Å²) in [5, 5.41) is 28.1. The number of carboxylic acids is 1. The molecule has 0 bridgehead atoms. The summed E-state index contributed by atoms with van der Waals surface area (Å²) in [4.78, 5) is 23.2. The Bertz CT molecular complexity index is 775. The van der Waals surface area contributed by atoms with E-state index in [9.17, 15) is 19.8 Å². The highest BCUT2D eigenvalue weighted by Crippen LogP contribution is 2.24. The molecular weight excluding hydrogens is 312 g/mol. The summed E-state index contributed by atoms with van der Waals surface area (Å²) in [7, 11) is 0. The number of aromatic hydroxyl groups is 1. The van der Waals surface area contributed by atoms with Gasteiger partial charge in [0.15, 0.2) is 5.43 Å². The van der Waals surface area contributed by atoms with E-state index < -0.39 is 5.97 Å². The molecule has 0 saturated heterocycles. The maximum atomic E-state index is 12.3. The number of rotatable bonds is 8. The zero-order valence-corrected chi connectivity index (χ0v) is 13.6. The van der Waals surface area contributed by atoms with Crippen molar-refractivity contribution in [2.75, 3.05) is 0 Å². The van der Waals surface area contributed by atoms with Crippen molar-refractivity contribution in [2.45, 2.75) is 51.6 Å². The molecule has 6 heteroatoms. The molecule has 2 rings (SSSR count). The first kappa shape index (κ1) is 18.0. The highest BCUT2D eigenvalue weighted by Gasteiger charge is 2.14. The molecule has 0 radical (unpaired) electrons. The van der Waals surface area contributed by atoms with Gasteiger partial charge in [-0.05, 0) is 31.4 Å². The van der Waals surface area contributed by atoms with Crippen LogP contribution in [0.15, 0.2) is 27.4 Å². The highest BCUT2D eigenvalue weighted by molar-refractivity contribution is 5.86. The molecule has 0 saturated carbocycles. The summed E-state index contributed by atoms with van der Waals surface area (Å²) >= 11 is 0. The Hall–Kier alpha value is -2.34. The first-order chi connectivity index (χ1) is 11.4. The summed E-state index contributed by atoms with van der Waals surface area (Å²) in [6.07, 6.45) is 3.30. The number of aliphatic hydroxyl groups is 1. The zero-order valence-electron chi connectivity index (χ0n) is 13.6. The van der Waals surface area contributed by atoms with Crippen LogP contribution in [0.25, 0.3) is 11.0 Å². The van der Waals surface area contributed by atoms with E-state index >= 15 is 0 Å². The molecule has 1 aromatic carbocycles. The fourth-order valence-corrected chi connectivity index (χ4v) is 2.75. The van der Waals surface area contributed by atoms with E-state index in [-0.39, 0.29) is 40.2 Å². The Kier molecular flexibility index (Phi) is 5.98. The second kappa shape index (κ2) is 7.97. The number of phenols is 1. The number of aryl methyl sites for hydroxylation is 1. The van der Waals surface area contributed by atoms with Gasteiger partial charge in [-0.2, -0.15) is 0 Å². The van der Waals surface area contributed by atoms with Crippen LogP contribution in [0.5, 0.6) is 5.75 Å². The number of aliphatic hydroxyl groups excluding tert-OH is 1. The Morgan fingerprint density at radius 3 is 2.62 bits per heavy atom. The minimum absolute atomic E-state index is 0.129. The number of carbonyl (C=O) groups is 1. The molecule has 24 heavy (non-hydrogen) atoms. The van der Waals surface area contributed by atoms with Gasteiger partial charge in [0.1, 0.15) is 17.1 Å². The van der Waals surface area contributed by atoms with Gasteiger partial charge in [0.05, 0.1) is 17.9 Å². The number of hydrogen-bond donors (Lipinski definition) is 3. The van der Waals surface area contributed by atoms with E-state index in [1.807, 2.05) is 0 Å². The third kappa shape index (κ3) is 4.83. The molecule has 3 N–H and O–H groups in total. The van der Waals surface area contributed by atoms with Crippen molar-refractivity contribution in [1.29, 1.82) is 0 Å². The van der Waals surface area contributed by atoms with Gasteiger partial charge >= 0.3 is 5.97 Å². The van der Waals surface area contributed by atoms with Crippen LogP contribution < -0.4 is 5.43 Å². The average molecular weight is 334 g/mol. The van der Waals surface area contributed by atoms with E-state index in [0.717, 1.165) is 25.7 Å². The van der Waals surface area contributed by atoms with Crippen LogP contribution in [-0.4, -0.2) is 27.4 Å². The van der Waals surface area contributed by atoms with E-state index in [4.69, 9.17) is 9.52 Å². The van der Waals surface area contributed by atoms with Crippen molar-refractivity contribution in [1.82, 2.24) is 0 Å². The number of phenolic OH excluding ortho intramolecular Hbond substituents is 1. The van der Waals surface area contributed by atoms with Gasteiger partial charge in [-0.3, -0.25) is 9.59 Å². The quantitative estimate of drug-likeness (QED) is 0.640. The lowest BCUT2D eigenvalue weighted by Gasteiger charge is -2.07. The van der Waals surface area contributed by atoms with Crippen molar-refractivity contribution in [3.63, 3.8) is 0 Å². The molecular formula is C18H22O6. The summed E-state index contributed by atoms with van der Waals surface area (Å²) in [5.74, 6) is -0.698. The van der Waals surface area contributed by atoms with Crippen molar-refractivity contribution >= 4 is 16.9 Å². The number of aliphatic carboxylic acids is 1. The van der Waals surface area contributed by atoms with Gasteiger partial charge in [-0.25, -0.2) is 0 Å². The van der Waals surface area contributed by atoms with Crippen LogP contribution in [0.3, 0.4) is 0 Å². The minimum Gasteiger partial charge on any atom is -0.508 e. The Labute approximate surface area is 139 Å². The largest absolute Gasteiger partial charge is 0.508 e. The Morgan fingerprint density at radius 1 is 1.21 bits per heavy atom. The van der Waals surface area contributed by atoms with Gasteiger partial charge in [0, 0.05) is 18.6 Å². The molecule has 1 atom stereocenters. The normalized spacial score (nSPS) is 12.4. The fraction of sp³-hybridized carbons (Fsp3) is 0.444. The monoisotopic (exact) mass is 334 g/mol. The molecule has 0 fully saturated rings. The van der Waals surface area contributed by atoms with Crippen LogP contribution >= 0.6 is 0 Å². The molecule has 0 spiro atoms. The molecule has 0 aliphatic rings. The molecule has 0 aliphatic heterocycles. The predicted octanol–water partition coefficient (Wildman–Crippen LogP) is 2.61. The van der Waals surface area contributed by atoms with Gasteiger partial charge < -0.3 is 19.7 Å². The lowest BCUT2D eigenvalue weighted by Crippen LogP contribution is -2.08. The lowest BCUT2D eigenvalue weighted by molar-refractivity contribution is -0.136. The number of hydrogen-bond acceptors (Lipinski definition) is 5. The lowest BCUT2D eigenvalue weighted by atomic mass is 10.0. The van der Waals surface area contributed by atoms with Crippen LogP contribution in [0, 0.1) is 0 Å².